The van der Waals surface area contributed by atoms with Crippen LogP contribution in [0.2, 0.25) is 0 Å². The van der Waals surface area contributed by atoms with Crippen LogP contribution in [0.5, 0.6) is 5.88 Å². The van der Waals surface area contributed by atoms with Crippen LogP contribution in [0.15, 0.2) is 54.6 Å². The van der Waals surface area contributed by atoms with Crippen molar-refractivity contribution in [3.05, 3.63) is 66.0 Å². The van der Waals surface area contributed by atoms with Crippen LogP contribution >= 0.6 is 11.8 Å². The standard InChI is InChI=1S/C22H20FN3O3S/c1-29-20-9-6-14-10-15(7-8-17(14)25-20)24-21(27)18-12-30-19(22(28)26-18)11-13-4-2-3-5-16(13)23/h2-10,18-19H,11-12H2,1H3,(H,24,27)(H,26,28). The third-order valence-electron chi connectivity index (χ3n) is 4.89. The molecule has 2 aromatic carbocycles. The van der Waals surface area contributed by atoms with Crippen LogP contribution in [0.1, 0.15) is 5.56 Å². The van der Waals surface area contributed by atoms with Gasteiger partial charge in [-0.1, -0.05) is 18.2 Å². The van der Waals surface area contributed by atoms with E-state index < -0.39 is 11.3 Å². The summed E-state index contributed by atoms with van der Waals surface area (Å²) in [5.41, 5.74) is 1.87. The lowest BCUT2D eigenvalue weighted by Gasteiger charge is -2.28. The van der Waals surface area contributed by atoms with Gasteiger partial charge in [0.2, 0.25) is 17.7 Å². The molecule has 1 aliphatic rings. The maximum atomic E-state index is 13.9. The molecule has 0 bridgehead atoms. The number of carbonyl (C=O) groups excluding carboxylic acids is 2. The molecular weight excluding hydrogens is 405 g/mol. The van der Waals surface area contributed by atoms with Crippen LogP contribution in [0.25, 0.3) is 10.9 Å². The minimum absolute atomic E-state index is 0.260. The molecule has 3 aromatic rings. The largest absolute Gasteiger partial charge is 0.481 e. The zero-order valence-electron chi connectivity index (χ0n) is 16.2. The van der Waals surface area contributed by atoms with Crippen LogP contribution < -0.4 is 15.4 Å². The number of nitrogens with zero attached hydrogens (tertiary/aromatic N) is 1. The molecule has 1 aromatic heterocycles. The Balaban J connectivity index is 1.38. The van der Waals surface area contributed by atoms with Gasteiger partial charge in [0, 0.05) is 22.9 Å². The first-order valence-corrected chi connectivity index (χ1v) is 10.5. The number of hydrogen-bond acceptors (Lipinski definition) is 5. The summed E-state index contributed by atoms with van der Waals surface area (Å²) in [6.45, 7) is 0. The van der Waals surface area contributed by atoms with E-state index in [-0.39, 0.29) is 17.6 Å². The summed E-state index contributed by atoms with van der Waals surface area (Å²) < 4.78 is 19.0. The Morgan fingerprint density at radius 1 is 1.27 bits per heavy atom. The molecule has 0 radical (unpaired) electrons. The highest BCUT2D eigenvalue weighted by Gasteiger charge is 2.32. The average molecular weight is 425 g/mol. The van der Waals surface area contributed by atoms with Gasteiger partial charge in [-0.3, -0.25) is 9.59 Å². The number of carbonyl (C=O) groups is 2. The van der Waals surface area contributed by atoms with Crippen LogP contribution in [-0.2, 0) is 16.0 Å². The number of thioether (sulfide) groups is 1. The van der Waals surface area contributed by atoms with E-state index in [1.54, 1.807) is 43.5 Å². The highest BCUT2D eigenvalue weighted by molar-refractivity contribution is 8.00. The van der Waals surface area contributed by atoms with Gasteiger partial charge >= 0.3 is 0 Å². The maximum absolute atomic E-state index is 13.9. The molecule has 4 rings (SSSR count). The van der Waals surface area contributed by atoms with Crippen molar-refractivity contribution < 1.29 is 18.7 Å². The topological polar surface area (TPSA) is 80.3 Å². The summed E-state index contributed by atoms with van der Waals surface area (Å²) in [7, 11) is 1.56. The van der Waals surface area contributed by atoms with Gasteiger partial charge in [0.05, 0.1) is 17.9 Å². The number of anilines is 1. The lowest BCUT2D eigenvalue weighted by Crippen LogP contribution is -2.52. The summed E-state index contributed by atoms with van der Waals surface area (Å²) in [5.74, 6) is 0.0639. The van der Waals surface area contributed by atoms with E-state index in [1.165, 1.54) is 17.8 Å². The van der Waals surface area contributed by atoms with Crippen molar-refractivity contribution in [2.45, 2.75) is 17.7 Å². The van der Waals surface area contributed by atoms with Crippen molar-refractivity contribution in [1.29, 1.82) is 0 Å². The number of amides is 2. The molecule has 30 heavy (non-hydrogen) atoms. The van der Waals surface area contributed by atoms with Gasteiger partial charge < -0.3 is 15.4 Å². The predicted molar refractivity (Wildman–Crippen MR) is 115 cm³/mol. The molecule has 0 spiro atoms. The maximum Gasteiger partial charge on any atom is 0.247 e. The van der Waals surface area contributed by atoms with Gasteiger partial charge in [-0.05, 0) is 42.3 Å². The number of halogens is 1. The Morgan fingerprint density at radius 3 is 2.87 bits per heavy atom. The zero-order chi connectivity index (χ0) is 21.1. The van der Waals surface area contributed by atoms with Gasteiger partial charge in [0.25, 0.3) is 0 Å². The fraction of sp³-hybridized carbons (Fsp3) is 0.227. The third kappa shape index (κ3) is 4.38. The molecule has 6 nitrogen and oxygen atoms in total. The Hall–Kier alpha value is -3.13. The second-order valence-corrected chi connectivity index (χ2v) is 8.16. The Bertz CT molecular complexity index is 1110. The molecule has 154 valence electrons. The molecule has 0 aliphatic carbocycles. The predicted octanol–water partition coefficient (Wildman–Crippen LogP) is 3.16. The summed E-state index contributed by atoms with van der Waals surface area (Å²) >= 11 is 1.37. The molecule has 1 saturated heterocycles. The van der Waals surface area contributed by atoms with E-state index in [0.717, 1.165) is 10.9 Å². The van der Waals surface area contributed by atoms with Crippen LogP contribution in [0.3, 0.4) is 0 Å². The molecule has 2 amide bonds. The number of ether oxygens (including phenoxy) is 1. The Kier molecular flexibility index (Phi) is 5.85. The molecule has 2 heterocycles. The summed E-state index contributed by atoms with van der Waals surface area (Å²) in [6, 6.07) is 14.8. The quantitative estimate of drug-likeness (QED) is 0.656. The number of pyridine rings is 1. The number of fused-ring (bicyclic) bond motifs is 1. The smallest absolute Gasteiger partial charge is 0.247 e. The van der Waals surface area contributed by atoms with Crippen molar-refractivity contribution in [3.8, 4) is 5.88 Å². The SMILES string of the molecule is COc1ccc2cc(NC(=O)C3CSC(Cc4ccccc4F)C(=O)N3)ccc2n1. The lowest BCUT2D eigenvalue weighted by molar-refractivity contribution is -0.126. The van der Waals surface area contributed by atoms with Crippen molar-refractivity contribution in [3.63, 3.8) is 0 Å². The Morgan fingerprint density at radius 2 is 2.10 bits per heavy atom. The van der Waals surface area contributed by atoms with Gasteiger partial charge in [0.1, 0.15) is 11.9 Å². The molecule has 1 aliphatic heterocycles. The second-order valence-electron chi connectivity index (χ2n) is 6.93. The van der Waals surface area contributed by atoms with E-state index in [2.05, 4.69) is 15.6 Å². The average Bonchev–Trinajstić information content (AvgIpc) is 2.76. The zero-order valence-corrected chi connectivity index (χ0v) is 17.0. The minimum atomic E-state index is -0.649. The van der Waals surface area contributed by atoms with E-state index in [0.29, 0.717) is 29.3 Å². The fourth-order valence-corrected chi connectivity index (χ4v) is 4.45. The first-order chi connectivity index (χ1) is 14.5. The monoisotopic (exact) mass is 425 g/mol. The number of aromatic nitrogens is 1. The van der Waals surface area contributed by atoms with E-state index >= 15 is 0 Å². The van der Waals surface area contributed by atoms with Gasteiger partial charge in [-0.15, -0.1) is 11.8 Å². The molecule has 2 unspecified atom stereocenters. The fourth-order valence-electron chi connectivity index (χ4n) is 3.28. The van der Waals surface area contributed by atoms with Gasteiger partial charge in [0.15, 0.2) is 0 Å². The molecular formula is C22H20FN3O3S. The van der Waals surface area contributed by atoms with Crippen molar-refractivity contribution in [2.75, 3.05) is 18.2 Å². The summed E-state index contributed by atoms with van der Waals surface area (Å²) in [4.78, 5) is 29.4. The number of methoxy groups -OCH3 is 1. The van der Waals surface area contributed by atoms with Crippen LogP contribution in [0, 0.1) is 5.82 Å². The summed E-state index contributed by atoms with van der Waals surface area (Å²) in [5, 5.41) is 6.03. The number of nitrogens with one attached hydrogen (secondary N) is 2. The number of benzene rings is 2. The first-order valence-electron chi connectivity index (χ1n) is 9.44. The minimum Gasteiger partial charge on any atom is -0.481 e. The molecule has 2 N–H and O–H groups in total. The lowest BCUT2D eigenvalue weighted by atomic mass is 10.1. The van der Waals surface area contributed by atoms with Gasteiger partial charge in [-0.25, -0.2) is 9.37 Å². The van der Waals surface area contributed by atoms with Crippen LogP contribution in [0.4, 0.5) is 10.1 Å². The normalized spacial score (nSPS) is 18.7. The molecule has 2 atom stereocenters. The Labute approximate surface area is 177 Å². The van der Waals surface area contributed by atoms with Gasteiger partial charge in [-0.2, -0.15) is 0 Å². The van der Waals surface area contributed by atoms with E-state index in [1.807, 2.05) is 12.1 Å². The number of rotatable bonds is 5. The number of hydrogen-bond donors (Lipinski definition) is 2. The second kappa shape index (κ2) is 8.71. The van der Waals surface area contributed by atoms with Crippen molar-refractivity contribution >= 4 is 40.2 Å². The first kappa shape index (κ1) is 20.2. The molecule has 8 heteroatoms. The third-order valence-corrected chi connectivity index (χ3v) is 6.20. The van der Waals surface area contributed by atoms with E-state index in [4.69, 9.17) is 4.74 Å². The molecule has 1 fully saturated rings. The molecule has 0 saturated carbocycles. The highest BCUT2D eigenvalue weighted by Crippen LogP contribution is 2.25. The summed E-state index contributed by atoms with van der Waals surface area (Å²) in [6.07, 6.45) is 0.290. The highest BCUT2D eigenvalue weighted by atomic mass is 32.2. The van der Waals surface area contributed by atoms with E-state index in [9.17, 15) is 14.0 Å². The van der Waals surface area contributed by atoms with Crippen molar-refractivity contribution in [1.82, 2.24) is 10.3 Å². The van der Waals surface area contributed by atoms with Crippen molar-refractivity contribution in [2.24, 2.45) is 0 Å². The van der Waals surface area contributed by atoms with Crippen LogP contribution in [-0.4, -0.2) is 41.0 Å².